The van der Waals surface area contributed by atoms with E-state index >= 15 is 0 Å². The zero-order valence-electron chi connectivity index (χ0n) is 11.1. The van der Waals surface area contributed by atoms with Crippen LogP contribution < -0.4 is 4.74 Å². The first-order valence-electron chi connectivity index (χ1n) is 6.47. The van der Waals surface area contributed by atoms with E-state index in [4.69, 9.17) is 10.00 Å². The standard InChI is InChI=1S/C14H12N4O2S/c15-7-12-13(17-4-3-16-12)20-11-1-5-18(8-11)14(19)10-2-6-21-9-10/h2-4,6,9,11H,1,5,8H2. The van der Waals surface area contributed by atoms with Gasteiger partial charge in [0.1, 0.15) is 12.2 Å². The number of ether oxygens (including phenoxy) is 1. The summed E-state index contributed by atoms with van der Waals surface area (Å²) >= 11 is 1.50. The Morgan fingerprint density at radius 3 is 3.10 bits per heavy atom. The molecule has 0 spiro atoms. The van der Waals surface area contributed by atoms with Crippen molar-refractivity contribution in [3.8, 4) is 11.9 Å². The molecule has 3 rings (SSSR count). The number of thiophene rings is 1. The van der Waals surface area contributed by atoms with Gasteiger partial charge in [-0.15, -0.1) is 0 Å². The molecule has 0 bridgehead atoms. The lowest BCUT2D eigenvalue weighted by atomic mass is 10.3. The fraction of sp³-hybridized carbons (Fsp3) is 0.286. The second-order valence-electron chi connectivity index (χ2n) is 4.61. The molecule has 0 aliphatic carbocycles. The topological polar surface area (TPSA) is 79.1 Å². The van der Waals surface area contributed by atoms with Crippen LogP contribution in [0.1, 0.15) is 22.5 Å². The number of hydrogen-bond donors (Lipinski definition) is 0. The Morgan fingerprint density at radius 1 is 1.48 bits per heavy atom. The van der Waals surface area contributed by atoms with E-state index in [9.17, 15) is 4.79 Å². The van der Waals surface area contributed by atoms with E-state index in [-0.39, 0.29) is 23.6 Å². The van der Waals surface area contributed by atoms with E-state index < -0.39 is 0 Å². The maximum atomic E-state index is 12.2. The summed E-state index contributed by atoms with van der Waals surface area (Å²) in [5.41, 5.74) is 0.873. The molecule has 6 nitrogen and oxygen atoms in total. The number of hydrogen-bond acceptors (Lipinski definition) is 6. The van der Waals surface area contributed by atoms with Crippen molar-refractivity contribution in [3.05, 3.63) is 40.5 Å². The van der Waals surface area contributed by atoms with Crippen molar-refractivity contribution in [1.82, 2.24) is 14.9 Å². The zero-order chi connectivity index (χ0) is 14.7. The summed E-state index contributed by atoms with van der Waals surface area (Å²) in [6.45, 7) is 1.14. The largest absolute Gasteiger partial charge is 0.470 e. The molecule has 1 aliphatic heterocycles. The second kappa shape index (κ2) is 5.89. The fourth-order valence-electron chi connectivity index (χ4n) is 2.22. The van der Waals surface area contributed by atoms with Crippen LogP contribution in [0.4, 0.5) is 0 Å². The lowest BCUT2D eigenvalue weighted by molar-refractivity contribution is 0.0771. The first-order valence-corrected chi connectivity index (χ1v) is 7.41. The van der Waals surface area contributed by atoms with Gasteiger partial charge in [0.2, 0.25) is 5.69 Å². The van der Waals surface area contributed by atoms with Crippen LogP contribution in [0.25, 0.3) is 0 Å². The van der Waals surface area contributed by atoms with Gasteiger partial charge in [0, 0.05) is 30.7 Å². The highest BCUT2D eigenvalue weighted by atomic mass is 32.1. The summed E-state index contributed by atoms with van der Waals surface area (Å²) in [4.78, 5) is 21.9. The first-order chi connectivity index (χ1) is 10.3. The average Bonchev–Trinajstić information content (AvgIpc) is 3.19. The molecule has 1 fully saturated rings. The van der Waals surface area contributed by atoms with E-state index in [1.54, 1.807) is 4.90 Å². The predicted octanol–water partition coefficient (Wildman–Crippen LogP) is 1.70. The van der Waals surface area contributed by atoms with E-state index in [0.29, 0.717) is 18.7 Å². The third-order valence-electron chi connectivity index (χ3n) is 3.25. The van der Waals surface area contributed by atoms with E-state index in [1.165, 1.54) is 23.7 Å². The molecule has 3 heterocycles. The maximum absolute atomic E-state index is 12.2. The van der Waals surface area contributed by atoms with Gasteiger partial charge in [-0.2, -0.15) is 16.6 Å². The van der Waals surface area contributed by atoms with Crippen molar-refractivity contribution in [2.45, 2.75) is 12.5 Å². The number of carbonyl (C=O) groups is 1. The van der Waals surface area contributed by atoms with Crippen molar-refractivity contribution in [3.63, 3.8) is 0 Å². The minimum Gasteiger partial charge on any atom is -0.470 e. The van der Waals surface area contributed by atoms with Crippen LogP contribution >= 0.6 is 11.3 Å². The third-order valence-corrected chi connectivity index (χ3v) is 3.93. The number of nitrogens with zero attached hydrogens (tertiary/aromatic N) is 4. The van der Waals surface area contributed by atoms with Crippen molar-refractivity contribution >= 4 is 17.2 Å². The smallest absolute Gasteiger partial charge is 0.254 e. The molecular formula is C14H12N4O2S. The van der Waals surface area contributed by atoms with Crippen molar-refractivity contribution in [2.75, 3.05) is 13.1 Å². The van der Waals surface area contributed by atoms with Crippen LogP contribution in [-0.4, -0.2) is 40.0 Å². The fourth-order valence-corrected chi connectivity index (χ4v) is 2.85. The molecule has 106 valence electrons. The Morgan fingerprint density at radius 2 is 2.33 bits per heavy atom. The molecule has 0 radical (unpaired) electrons. The Hall–Kier alpha value is -2.46. The van der Waals surface area contributed by atoms with Gasteiger partial charge in [-0.1, -0.05) is 0 Å². The van der Waals surface area contributed by atoms with Gasteiger partial charge in [0.25, 0.3) is 11.8 Å². The zero-order valence-corrected chi connectivity index (χ0v) is 11.9. The van der Waals surface area contributed by atoms with Crippen LogP contribution in [0.3, 0.4) is 0 Å². The van der Waals surface area contributed by atoms with Crippen molar-refractivity contribution in [1.29, 1.82) is 5.26 Å². The van der Waals surface area contributed by atoms with Crippen molar-refractivity contribution < 1.29 is 9.53 Å². The number of likely N-dealkylation sites (tertiary alicyclic amines) is 1. The Kier molecular flexibility index (Phi) is 3.79. The van der Waals surface area contributed by atoms with Gasteiger partial charge in [0.05, 0.1) is 12.1 Å². The van der Waals surface area contributed by atoms with Gasteiger partial charge in [-0.05, 0) is 11.4 Å². The van der Waals surface area contributed by atoms with Gasteiger partial charge < -0.3 is 9.64 Å². The normalized spacial score (nSPS) is 17.5. The van der Waals surface area contributed by atoms with Crippen LogP contribution in [-0.2, 0) is 0 Å². The van der Waals surface area contributed by atoms with E-state index in [1.807, 2.05) is 22.9 Å². The molecule has 2 aromatic rings. The molecular weight excluding hydrogens is 288 g/mol. The molecule has 1 atom stereocenters. The molecule has 1 unspecified atom stereocenters. The van der Waals surface area contributed by atoms with Crippen molar-refractivity contribution in [2.24, 2.45) is 0 Å². The highest BCUT2D eigenvalue weighted by Gasteiger charge is 2.29. The predicted molar refractivity (Wildman–Crippen MR) is 76.0 cm³/mol. The summed E-state index contributed by atoms with van der Waals surface area (Å²) < 4.78 is 5.71. The number of amides is 1. The third kappa shape index (κ3) is 2.85. The molecule has 1 amide bonds. The Bertz CT molecular complexity index is 681. The summed E-state index contributed by atoms with van der Waals surface area (Å²) in [7, 11) is 0. The molecule has 0 aromatic carbocycles. The minimum atomic E-state index is -0.156. The Balaban J connectivity index is 1.65. The number of rotatable bonds is 3. The average molecular weight is 300 g/mol. The summed E-state index contributed by atoms with van der Waals surface area (Å²) in [6.07, 6.45) is 3.50. The molecule has 0 N–H and O–H groups in total. The van der Waals surface area contributed by atoms with Gasteiger partial charge in [0.15, 0.2) is 0 Å². The first kappa shape index (κ1) is 13.5. The number of aromatic nitrogens is 2. The summed E-state index contributed by atoms with van der Waals surface area (Å²) in [6, 6.07) is 3.77. The lowest BCUT2D eigenvalue weighted by Crippen LogP contribution is -2.30. The lowest BCUT2D eigenvalue weighted by Gasteiger charge is -2.16. The number of carbonyl (C=O) groups excluding carboxylic acids is 1. The molecule has 7 heteroatoms. The van der Waals surface area contributed by atoms with Gasteiger partial charge in [-0.25, -0.2) is 9.97 Å². The quantitative estimate of drug-likeness (QED) is 0.862. The summed E-state index contributed by atoms with van der Waals surface area (Å²) in [5, 5.41) is 12.7. The molecule has 0 saturated carbocycles. The number of nitriles is 1. The maximum Gasteiger partial charge on any atom is 0.254 e. The highest BCUT2D eigenvalue weighted by molar-refractivity contribution is 7.08. The van der Waals surface area contributed by atoms with Crippen LogP contribution in [0, 0.1) is 11.3 Å². The molecule has 1 aliphatic rings. The second-order valence-corrected chi connectivity index (χ2v) is 5.39. The minimum absolute atomic E-state index is 0.0157. The molecule has 1 saturated heterocycles. The van der Waals surface area contributed by atoms with Gasteiger partial charge >= 0.3 is 0 Å². The van der Waals surface area contributed by atoms with Gasteiger partial charge in [-0.3, -0.25) is 4.79 Å². The van der Waals surface area contributed by atoms with Crippen LogP contribution in [0.15, 0.2) is 29.2 Å². The molecule has 2 aromatic heterocycles. The Labute approximate surface area is 125 Å². The van der Waals surface area contributed by atoms with Crippen LogP contribution in [0.2, 0.25) is 0 Å². The van der Waals surface area contributed by atoms with E-state index in [2.05, 4.69) is 9.97 Å². The monoisotopic (exact) mass is 300 g/mol. The molecule has 21 heavy (non-hydrogen) atoms. The van der Waals surface area contributed by atoms with E-state index in [0.717, 1.165) is 6.42 Å². The summed E-state index contributed by atoms with van der Waals surface area (Å²) in [5.74, 6) is 0.247. The SMILES string of the molecule is N#Cc1nccnc1OC1CCN(C(=O)c2ccsc2)C1. The highest BCUT2D eigenvalue weighted by Crippen LogP contribution is 2.20. The van der Waals surface area contributed by atoms with Crippen LogP contribution in [0.5, 0.6) is 5.88 Å².